The first kappa shape index (κ1) is 23.6. The Labute approximate surface area is 212 Å². The number of aliphatic carboxylic acids is 1. The largest absolute Gasteiger partial charge is 0.479 e. The lowest BCUT2D eigenvalue weighted by Crippen LogP contribution is -2.34. The van der Waals surface area contributed by atoms with E-state index in [-0.39, 0.29) is 5.82 Å². The topological polar surface area (TPSA) is 150 Å². The summed E-state index contributed by atoms with van der Waals surface area (Å²) < 4.78 is 20.0. The molecule has 2 amide bonds. The van der Waals surface area contributed by atoms with Crippen molar-refractivity contribution in [3.05, 3.63) is 52.1 Å². The van der Waals surface area contributed by atoms with Gasteiger partial charge in [-0.3, -0.25) is 9.88 Å². The smallest absolute Gasteiger partial charge is 0.335 e. The number of rotatable bonds is 6. The number of ether oxygens (including phenoxy) is 3. The van der Waals surface area contributed by atoms with Crippen LogP contribution in [0.2, 0.25) is 0 Å². The third-order valence-electron chi connectivity index (χ3n) is 5.52. The average molecular weight is 592 g/mol. The molecule has 0 saturated carbocycles. The molecule has 3 aromatic rings. The normalized spacial score (nSPS) is 25.7. The van der Waals surface area contributed by atoms with Crippen LogP contribution in [0.1, 0.15) is 18.7 Å². The molecule has 4 heterocycles. The summed E-state index contributed by atoms with van der Waals surface area (Å²) in [6.45, 7) is 2.24. The highest BCUT2D eigenvalue weighted by atomic mass is 127. The number of benzene rings is 1. The zero-order valence-corrected chi connectivity index (χ0v) is 20.5. The lowest BCUT2D eigenvalue weighted by Gasteiger charge is -2.20. The maximum atomic E-state index is 12.0. The van der Waals surface area contributed by atoms with Crippen LogP contribution in [0.5, 0.6) is 0 Å². The molecule has 0 radical (unpaired) electrons. The van der Waals surface area contributed by atoms with Crippen molar-refractivity contribution in [1.82, 2.24) is 24.8 Å². The molecule has 0 spiro atoms. The van der Waals surface area contributed by atoms with E-state index in [9.17, 15) is 14.7 Å². The highest BCUT2D eigenvalue weighted by Crippen LogP contribution is 2.42. The van der Waals surface area contributed by atoms with Crippen LogP contribution in [-0.2, 0) is 19.0 Å². The monoisotopic (exact) mass is 592 g/mol. The molecule has 1 aromatic carbocycles. The van der Waals surface area contributed by atoms with Gasteiger partial charge in [-0.1, -0.05) is 36.4 Å². The Hall–Kier alpha value is -3.14. The first-order chi connectivity index (χ1) is 17.0. The first-order valence-electron chi connectivity index (χ1n) is 10.8. The highest BCUT2D eigenvalue weighted by Gasteiger charge is 2.56. The second-order valence-corrected chi connectivity index (χ2v) is 8.72. The molecule has 0 aliphatic carbocycles. The van der Waals surface area contributed by atoms with Crippen LogP contribution in [0.25, 0.3) is 17.2 Å². The van der Waals surface area contributed by atoms with Crippen molar-refractivity contribution in [2.24, 2.45) is 0 Å². The van der Waals surface area contributed by atoms with E-state index in [4.69, 9.17) is 14.2 Å². The van der Waals surface area contributed by atoms with Crippen LogP contribution in [0.4, 0.5) is 10.6 Å². The van der Waals surface area contributed by atoms with Gasteiger partial charge >= 0.3 is 12.0 Å². The zero-order chi connectivity index (χ0) is 24.5. The third-order valence-corrected chi connectivity index (χ3v) is 6.28. The average Bonchev–Trinajstić information content (AvgIpc) is 3.50. The number of urea groups is 1. The number of hydrogen-bond acceptors (Lipinski definition) is 8. The van der Waals surface area contributed by atoms with Gasteiger partial charge in [-0.25, -0.2) is 24.5 Å². The molecule has 2 aliphatic heterocycles. The maximum Gasteiger partial charge on any atom is 0.335 e. The second kappa shape index (κ2) is 9.85. The standard InChI is InChI=1S/C22H21IN6O6/c1-2-24-22(32)28-17-13-18(26-10-25-17)29(21(23)27-13)19-15-14(16(35-19)20(30)31)33-12(34-15)9-8-11-6-4-3-5-7-11/h3-10,12,14-16,19H,2H2,1H3,(H,30,31)(H2,24,25,26,28,32)/b9-8+. The number of anilines is 1. The van der Waals surface area contributed by atoms with E-state index in [2.05, 4.69) is 25.6 Å². The SMILES string of the molecule is CCNC(=O)Nc1ncnc2c1nc(I)n2C1OC(C(=O)O)C2OC(/C=C/c3ccccc3)OC21. The van der Waals surface area contributed by atoms with Gasteiger partial charge in [0, 0.05) is 29.1 Å². The molecule has 13 heteroatoms. The van der Waals surface area contributed by atoms with E-state index in [1.54, 1.807) is 17.6 Å². The summed E-state index contributed by atoms with van der Waals surface area (Å²) in [6, 6.07) is 9.19. The quantitative estimate of drug-likeness (QED) is 0.290. The van der Waals surface area contributed by atoms with Crippen LogP contribution in [0.3, 0.4) is 0 Å². The summed E-state index contributed by atoms with van der Waals surface area (Å²) in [5.74, 6) is -0.944. The Bertz CT molecular complexity index is 1280. The van der Waals surface area contributed by atoms with Crippen LogP contribution in [-0.4, -0.2) is 67.8 Å². The van der Waals surface area contributed by atoms with Crippen LogP contribution < -0.4 is 10.6 Å². The van der Waals surface area contributed by atoms with Crippen LogP contribution in [0, 0.1) is 3.83 Å². The lowest BCUT2D eigenvalue weighted by atomic mass is 10.1. The predicted molar refractivity (Wildman–Crippen MR) is 131 cm³/mol. The zero-order valence-electron chi connectivity index (χ0n) is 18.4. The van der Waals surface area contributed by atoms with E-state index in [0.717, 1.165) is 5.56 Å². The fourth-order valence-corrected chi connectivity index (χ4v) is 4.78. The summed E-state index contributed by atoms with van der Waals surface area (Å²) >= 11 is 2.00. The van der Waals surface area contributed by atoms with Crippen molar-refractivity contribution in [1.29, 1.82) is 0 Å². The number of carbonyl (C=O) groups is 2. The van der Waals surface area contributed by atoms with Gasteiger partial charge in [0.05, 0.1) is 0 Å². The molecule has 2 fully saturated rings. The molecule has 2 aliphatic rings. The third kappa shape index (κ3) is 4.59. The van der Waals surface area contributed by atoms with Crippen molar-refractivity contribution in [3.8, 4) is 0 Å². The van der Waals surface area contributed by atoms with Gasteiger partial charge in [0.25, 0.3) is 0 Å². The van der Waals surface area contributed by atoms with Gasteiger partial charge in [0.1, 0.15) is 18.5 Å². The number of nitrogens with zero attached hydrogens (tertiary/aromatic N) is 4. The molecular formula is C22H21IN6O6. The highest BCUT2D eigenvalue weighted by molar-refractivity contribution is 14.1. The number of carboxylic acid groups (broad SMARTS) is 1. The number of imidazole rings is 1. The summed E-state index contributed by atoms with van der Waals surface area (Å²) in [7, 11) is 0. The van der Waals surface area contributed by atoms with Crippen molar-refractivity contribution in [2.45, 2.75) is 37.8 Å². The van der Waals surface area contributed by atoms with Gasteiger partial charge in [-0.2, -0.15) is 0 Å². The number of carboxylic acids is 1. The Balaban J connectivity index is 1.46. The fraction of sp³-hybridized carbons (Fsp3) is 0.318. The number of aromatic nitrogens is 4. The number of fused-ring (bicyclic) bond motifs is 2. The Kier molecular flexibility index (Phi) is 6.64. The van der Waals surface area contributed by atoms with Crippen molar-refractivity contribution < 1.29 is 28.9 Å². The van der Waals surface area contributed by atoms with E-state index in [1.165, 1.54) is 6.33 Å². The minimum atomic E-state index is -1.25. The van der Waals surface area contributed by atoms with Crippen molar-refractivity contribution in [3.63, 3.8) is 0 Å². The second-order valence-electron chi connectivity index (χ2n) is 7.75. The molecule has 2 saturated heterocycles. The van der Waals surface area contributed by atoms with E-state index >= 15 is 0 Å². The molecule has 12 nitrogen and oxygen atoms in total. The predicted octanol–water partition coefficient (Wildman–Crippen LogP) is 2.38. The Morgan fingerprint density at radius 3 is 2.69 bits per heavy atom. The molecule has 182 valence electrons. The van der Waals surface area contributed by atoms with Gasteiger partial charge < -0.3 is 24.6 Å². The molecule has 0 bridgehead atoms. The Morgan fingerprint density at radius 2 is 1.94 bits per heavy atom. The summed E-state index contributed by atoms with van der Waals surface area (Å²) in [4.78, 5) is 36.9. The summed E-state index contributed by atoms with van der Waals surface area (Å²) in [5.41, 5.74) is 1.65. The molecule has 3 N–H and O–H groups in total. The van der Waals surface area contributed by atoms with E-state index in [0.29, 0.717) is 21.5 Å². The molecular weight excluding hydrogens is 571 g/mol. The number of nitrogens with one attached hydrogen (secondary N) is 2. The number of halogens is 1. The molecule has 5 rings (SSSR count). The summed E-state index contributed by atoms with van der Waals surface area (Å²) in [6.07, 6.45) is 0.417. The molecule has 35 heavy (non-hydrogen) atoms. The molecule has 5 unspecified atom stereocenters. The van der Waals surface area contributed by atoms with Gasteiger partial charge in [-0.15, -0.1) is 0 Å². The number of carbonyl (C=O) groups excluding carboxylic acids is 1. The minimum absolute atomic E-state index is 0.217. The van der Waals surface area contributed by atoms with Gasteiger partial charge in [0.2, 0.25) is 0 Å². The van der Waals surface area contributed by atoms with Crippen molar-refractivity contribution >= 4 is 57.6 Å². The van der Waals surface area contributed by atoms with Gasteiger partial charge in [0.15, 0.2) is 39.4 Å². The van der Waals surface area contributed by atoms with Crippen molar-refractivity contribution in [2.75, 3.05) is 11.9 Å². The maximum absolute atomic E-state index is 12.0. The first-order valence-corrected chi connectivity index (χ1v) is 11.9. The van der Waals surface area contributed by atoms with Crippen LogP contribution >= 0.6 is 22.6 Å². The number of amides is 2. The lowest BCUT2D eigenvalue weighted by molar-refractivity contribution is -0.166. The van der Waals surface area contributed by atoms with Crippen LogP contribution in [0.15, 0.2) is 42.7 Å². The Morgan fingerprint density at radius 1 is 1.17 bits per heavy atom. The van der Waals surface area contributed by atoms with Gasteiger partial charge in [-0.05, 0) is 18.6 Å². The van der Waals surface area contributed by atoms with E-state index < -0.39 is 42.8 Å². The molecule has 5 atom stereocenters. The fourth-order valence-electron chi connectivity index (χ4n) is 4.04. The number of hydrogen-bond donors (Lipinski definition) is 3. The molecule has 2 aromatic heterocycles. The summed E-state index contributed by atoms with van der Waals surface area (Å²) in [5, 5.41) is 15.0. The van der Waals surface area contributed by atoms with E-state index in [1.807, 2.05) is 59.0 Å². The minimum Gasteiger partial charge on any atom is -0.479 e.